The first-order valence-electron chi connectivity index (χ1n) is 8.01. The Bertz CT molecular complexity index is 778. The van der Waals surface area contributed by atoms with Crippen LogP contribution in [0.1, 0.15) is 18.2 Å². The SMILES string of the molecule is NC1=NC(c2ccccc2)N(CCCOc2ccccc2Cl)C(N)=N1. The van der Waals surface area contributed by atoms with Crippen molar-refractivity contribution in [1.29, 1.82) is 0 Å². The van der Waals surface area contributed by atoms with Gasteiger partial charge in [0.05, 0.1) is 11.6 Å². The van der Waals surface area contributed by atoms with E-state index in [1.807, 2.05) is 53.4 Å². The first kappa shape index (κ1) is 17.1. The van der Waals surface area contributed by atoms with E-state index in [1.165, 1.54) is 0 Å². The Hall–Kier alpha value is -2.73. The largest absolute Gasteiger partial charge is 0.492 e. The number of aliphatic imine (C=N–C) groups is 2. The molecule has 0 bridgehead atoms. The average molecular weight is 358 g/mol. The molecule has 1 atom stereocenters. The number of nitrogens with zero attached hydrogens (tertiary/aromatic N) is 3. The minimum Gasteiger partial charge on any atom is -0.492 e. The maximum absolute atomic E-state index is 6.09. The molecule has 0 aliphatic carbocycles. The fourth-order valence-electron chi connectivity index (χ4n) is 2.63. The summed E-state index contributed by atoms with van der Waals surface area (Å²) in [5.74, 6) is 1.22. The summed E-state index contributed by atoms with van der Waals surface area (Å²) >= 11 is 6.09. The Morgan fingerprint density at radius 1 is 1.04 bits per heavy atom. The highest BCUT2D eigenvalue weighted by Gasteiger charge is 2.25. The van der Waals surface area contributed by atoms with Crippen molar-refractivity contribution in [3.63, 3.8) is 0 Å². The highest BCUT2D eigenvalue weighted by molar-refractivity contribution is 6.32. The summed E-state index contributed by atoms with van der Waals surface area (Å²) in [5.41, 5.74) is 12.9. The van der Waals surface area contributed by atoms with Crippen LogP contribution < -0.4 is 16.2 Å². The zero-order valence-corrected chi connectivity index (χ0v) is 14.4. The second-order valence-electron chi connectivity index (χ2n) is 5.57. The quantitative estimate of drug-likeness (QED) is 0.778. The maximum atomic E-state index is 6.09. The third-order valence-corrected chi connectivity index (χ3v) is 4.12. The predicted octanol–water partition coefficient (Wildman–Crippen LogP) is 2.75. The number of benzene rings is 2. The summed E-state index contributed by atoms with van der Waals surface area (Å²) in [6.07, 6.45) is 0.458. The van der Waals surface area contributed by atoms with Gasteiger partial charge in [-0.1, -0.05) is 54.1 Å². The van der Waals surface area contributed by atoms with Gasteiger partial charge in [0, 0.05) is 6.54 Å². The fraction of sp³-hybridized carbons (Fsp3) is 0.222. The molecule has 130 valence electrons. The smallest absolute Gasteiger partial charge is 0.220 e. The van der Waals surface area contributed by atoms with Crippen LogP contribution in [0.15, 0.2) is 64.6 Å². The zero-order chi connectivity index (χ0) is 17.6. The van der Waals surface area contributed by atoms with Crippen LogP contribution in [0.4, 0.5) is 0 Å². The van der Waals surface area contributed by atoms with Gasteiger partial charge in [-0.25, -0.2) is 4.99 Å². The van der Waals surface area contributed by atoms with E-state index in [0.29, 0.717) is 29.9 Å². The standard InChI is InChI=1S/C18H20ClN5O/c19-14-9-4-5-10-15(14)25-12-6-11-24-16(13-7-2-1-3-8-13)22-17(20)23-18(24)21/h1-5,7-10,16H,6,11-12H2,(H4,20,21,22,23). The summed E-state index contributed by atoms with van der Waals surface area (Å²) < 4.78 is 5.73. The van der Waals surface area contributed by atoms with Crippen molar-refractivity contribution in [1.82, 2.24) is 4.90 Å². The normalized spacial score (nSPS) is 17.0. The average Bonchev–Trinajstić information content (AvgIpc) is 2.62. The number of rotatable bonds is 6. The van der Waals surface area contributed by atoms with Gasteiger partial charge >= 0.3 is 0 Å². The monoisotopic (exact) mass is 357 g/mol. The van der Waals surface area contributed by atoms with Crippen LogP contribution in [0, 0.1) is 0 Å². The first-order chi connectivity index (χ1) is 12.1. The molecule has 25 heavy (non-hydrogen) atoms. The number of para-hydroxylation sites is 1. The van der Waals surface area contributed by atoms with Gasteiger partial charge in [0.2, 0.25) is 11.9 Å². The minimum absolute atomic E-state index is 0.190. The number of guanidine groups is 2. The maximum Gasteiger partial charge on any atom is 0.220 e. The van der Waals surface area contributed by atoms with E-state index in [1.54, 1.807) is 6.07 Å². The van der Waals surface area contributed by atoms with Crippen molar-refractivity contribution in [3.05, 3.63) is 65.2 Å². The molecule has 0 saturated carbocycles. The Labute approximate surface area is 151 Å². The van der Waals surface area contributed by atoms with Crippen LogP contribution in [0.5, 0.6) is 5.75 Å². The highest BCUT2D eigenvalue weighted by atomic mass is 35.5. The molecule has 7 heteroatoms. The zero-order valence-electron chi connectivity index (χ0n) is 13.7. The van der Waals surface area contributed by atoms with E-state index >= 15 is 0 Å². The van der Waals surface area contributed by atoms with Crippen molar-refractivity contribution in [2.75, 3.05) is 13.2 Å². The summed E-state index contributed by atoms with van der Waals surface area (Å²) in [6.45, 7) is 1.14. The molecule has 1 aliphatic rings. The van der Waals surface area contributed by atoms with Gasteiger partial charge in [-0.15, -0.1) is 0 Å². The lowest BCUT2D eigenvalue weighted by Gasteiger charge is -2.32. The van der Waals surface area contributed by atoms with Crippen molar-refractivity contribution in [2.45, 2.75) is 12.6 Å². The summed E-state index contributed by atoms with van der Waals surface area (Å²) in [6, 6.07) is 17.3. The lowest BCUT2D eigenvalue weighted by atomic mass is 10.1. The Kier molecular flexibility index (Phi) is 5.40. The Morgan fingerprint density at radius 2 is 1.76 bits per heavy atom. The van der Waals surface area contributed by atoms with E-state index in [-0.39, 0.29) is 12.1 Å². The predicted molar refractivity (Wildman–Crippen MR) is 101 cm³/mol. The van der Waals surface area contributed by atoms with Crippen LogP contribution in [0.3, 0.4) is 0 Å². The number of hydrogen-bond acceptors (Lipinski definition) is 6. The van der Waals surface area contributed by atoms with E-state index in [0.717, 1.165) is 12.0 Å². The number of halogens is 1. The van der Waals surface area contributed by atoms with E-state index in [2.05, 4.69) is 9.98 Å². The molecule has 1 unspecified atom stereocenters. The molecule has 0 fully saturated rings. The second kappa shape index (κ2) is 7.90. The van der Waals surface area contributed by atoms with Crippen LogP contribution in [-0.4, -0.2) is 30.0 Å². The molecule has 2 aromatic rings. The van der Waals surface area contributed by atoms with Gasteiger partial charge in [-0.2, -0.15) is 4.99 Å². The molecule has 0 spiro atoms. The van der Waals surface area contributed by atoms with Crippen molar-refractivity contribution in [2.24, 2.45) is 21.5 Å². The molecule has 0 amide bonds. The molecule has 0 aromatic heterocycles. The molecule has 0 saturated heterocycles. The van der Waals surface area contributed by atoms with E-state index in [9.17, 15) is 0 Å². The molecule has 6 nitrogen and oxygen atoms in total. The number of nitrogens with two attached hydrogens (primary N) is 2. The second-order valence-corrected chi connectivity index (χ2v) is 5.97. The van der Waals surface area contributed by atoms with Crippen molar-refractivity contribution >= 4 is 23.5 Å². The van der Waals surface area contributed by atoms with E-state index in [4.69, 9.17) is 27.8 Å². The number of ether oxygens (including phenoxy) is 1. The minimum atomic E-state index is -0.279. The number of hydrogen-bond donors (Lipinski definition) is 2. The van der Waals surface area contributed by atoms with E-state index < -0.39 is 0 Å². The third kappa shape index (κ3) is 4.22. The van der Waals surface area contributed by atoms with Gasteiger partial charge in [0.1, 0.15) is 5.75 Å². The lowest BCUT2D eigenvalue weighted by Crippen LogP contribution is -2.44. The molecule has 1 heterocycles. The summed E-state index contributed by atoms with van der Waals surface area (Å²) in [5, 5.41) is 0.598. The van der Waals surface area contributed by atoms with Gasteiger partial charge in [0.15, 0.2) is 6.17 Å². The van der Waals surface area contributed by atoms with Crippen LogP contribution in [-0.2, 0) is 0 Å². The molecule has 3 rings (SSSR count). The fourth-order valence-corrected chi connectivity index (χ4v) is 2.82. The highest BCUT2D eigenvalue weighted by Crippen LogP contribution is 2.25. The van der Waals surface area contributed by atoms with Gasteiger partial charge < -0.3 is 21.1 Å². The van der Waals surface area contributed by atoms with Crippen molar-refractivity contribution in [3.8, 4) is 5.75 Å². The molecular weight excluding hydrogens is 338 g/mol. The Morgan fingerprint density at radius 3 is 2.52 bits per heavy atom. The summed E-state index contributed by atoms with van der Waals surface area (Å²) in [7, 11) is 0. The topological polar surface area (TPSA) is 89.2 Å². The third-order valence-electron chi connectivity index (χ3n) is 3.81. The molecule has 4 N–H and O–H groups in total. The van der Waals surface area contributed by atoms with Crippen LogP contribution in [0.2, 0.25) is 5.02 Å². The first-order valence-corrected chi connectivity index (χ1v) is 8.39. The molecule has 0 radical (unpaired) electrons. The van der Waals surface area contributed by atoms with Crippen molar-refractivity contribution < 1.29 is 4.74 Å². The van der Waals surface area contributed by atoms with Gasteiger partial charge in [0.25, 0.3) is 0 Å². The van der Waals surface area contributed by atoms with Gasteiger partial charge in [-0.3, -0.25) is 0 Å². The summed E-state index contributed by atoms with van der Waals surface area (Å²) in [4.78, 5) is 10.4. The van der Waals surface area contributed by atoms with Crippen LogP contribution >= 0.6 is 11.6 Å². The van der Waals surface area contributed by atoms with Crippen LogP contribution in [0.25, 0.3) is 0 Å². The molecular formula is C18H20ClN5O. The lowest BCUT2D eigenvalue weighted by molar-refractivity contribution is 0.258. The molecule has 2 aromatic carbocycles. The molecule has 1 aliphatic heterocycles. The van der Waals surface area contributed by atoms with Gasteiger partial charge in [-0.05, 0) is 24.1 Å². The Balaban J connectivity index is 1.63.